The van der Waals surface area contributed by atoms with E-state index < -0.39 is 19.9 Å². The first-order chi connectivity index (χ1) is 13.5. The monoisotopic (exact) mass is 450 g/mol. The number of sulfone groups is 1. The Morgan fingerprint density at radius 1 is 0.862 bits per heavy atom. The topological polar surface area (TPSA) is 115 Å². The van der Waals surface area contributed by atoms with Crippen molar-refractivity contribution in [2.45, 2.75) is 25.3 Å². The largest absolute Gasteiger partial charge is 0.340 e. The summed E-state index contributed by atoms with van der Waals surface area (Å²) in [4.78, 5) is 30.3. The second-order valence-electron chi connectivity index (χ2n) is 8.02. The number of carbonyl (C=O) groups is 2. The Kier molecular flexibility index (Phi) is 6.86. The standard InChI is InChI=1S/C17H30N4O6S2/c1-28(24,25)21-11-9-20(10-12-21)17(23)3-2-16(22)19-7-5-18(6-8-19)15-4-13-29(26,27)14-15/h15H,2-14H2,1H3/t15-/m1/s1. The zero-order valence-electron chi connectivity index (χ0n) is 16.8. The van der Waals surface area contributed by atoms with Crippen LogP contribution < -0.4 is 0 Å². The molecule has 0 aromatic heterocycles. The maximum Gasteiger partial charge on any atom is 0.223 e. The molecule has 0 bridgehead atoms. The average Bonchev–Trinajstić information content (AvgIpc) is 3.05. The lowest BCUT2D eigenvalue weighted by Gasteiger charge is -2.37. The highest BCUT2D eigenvalue weighted by Crippen LogP contribution is 2.19. The van der Waals surface area contributed by atoms with Crippen molar-refractivity contribution in [1.29, 1.82) is 0 Å². The lowest BCUT2D eigenvalue weighted by Crippen LogP contribution is -2.52. The summed E-state index contributed by atoms with van der Waals surface area (Å²) in [6, 6.07) is 0.0597. The molecular weight excluding hydrogens is 420 g/mol. The summed E-state index contributed by atoms with van der Waals surface area (Å²) in [7, 11) is -6.15. The molecule has 3 saturated heterocycles. The van der Waals surface area contributed by atoms with Gasteiger partial charge in [0.1, 0.15) is 0 Å². The molecule has 10 nitrogen and oxygen atoms in total. The van der Waals surface area contributed by atoms with E-state index in [-0.39, 0.29) is 55.3 Å². The first-order valence-electron chi connectivity index (χ1n) is 10.0. The van der Waals surface area contributed by atoms with Gasteiger partial charge in [0.2, 0.25) is 21.8 Å². The Bertz CT molecular complexity index is 828. The van der Waals surface area contributed by atoms with E-state index in [1.54, 1.807) is 9.80 Å². The molecule has 166 valence electrons. The molecular formula is C17H30N4O6S2. The first kappa shape index (κ1) is 22.4. The van der Waals surface area contributed by atoms with E-state index in [4.69, 9.17) is 0 Å². The highest BCUT2D eigenvalue weighted by atomic mass is 32.2. The van der Waals surface area contributed by atoms with Crippen LogP contribution >= 0.6 is 0 Å². The zero-order valence-corrected chi connectivity index (χ0v) is 18.5. The van der Waals surface area contributed by atoms with Crippen LogP contribution in [-0.4, -0.2) is 124 Å². The Morgan fingerprint density at radius 2 is 1.34 bits per heavy atom. The Labute approximate surface area is 172 Å². The highest BCUT2D eigenvalue weighted by molar-refractivity contribution is 7.91. The molecule has 3 heterocycles. The van der Waals surface area contributed by atoms with Crippen LogP contribution in [0.2, 0.25) is 0 Å². The number of sulfonamides is 1. The normalized spacial score (nSPS) is 26.6. The van der Waals surface area contributed by atoms with Gasteiger partial charge >= 0.3 is 0 Å². The molecule has 0 radical (unpaired) electrons. The third kappa shape index (κ3) is 5.89. The molecule has 0 aliphatic carbocycles. The van der Waals surface area contributed by atoms with Crippen LogP contribution in [0.25, 0.3) is 0 Å². The number of hydrogen-bond donors (Lipinski definition) is 0. The molecule has 29 heavy (non-hydrogen) atoms. The van der Waals surface area contributed by atoms with E-state index in [1.807, 2.05) is 0 Å². The number of piperazine rings is 2. The molecule has 3 aliphatic heterocycles. The molecule has 0 spiro atoms. The predicted molar refractivity (Wildman–Crippen MR) is 107 cm³/mol. The van der Waals surface area contributed by atoms with Gasteiger partial charge in [-0.2, -0.15) is 4.31 Å². The fourth-order valence-corrected chi connectivity index (χ4v) is 6.79. The summed E-state index contributed by atoms with van der Waals surface area (Å²) in [5.41, 5.74) is 0. The van der Waals surface area contributed by atoms with E-state index in [0.717, 1.165) is 6.26 Å². The van der Waals surface area contributed by atoms with Gasteiger partial charge in [-0.1, -0.05) is 0 Å². The number of hydrogen-bond acceptors (Lipinski definition) is 7. The summed E-state index contributed by atoms with van der Waals surface area (Å²) in [6.07, 6.45) is 2.09. The van der Waals surface area contributed by atoms with Crippen LogP contribution in [0.1, 0.15) is 19.3 Å². The van der Waals surface area contributed by atoms with Crippen LogP contribution in [0.15, 0.2) is 0 Å². The van der Waals surface area contributed by atoms with Crippen molar-refractivity contribution in [3.05, 3.63) is 0 Å². The van der Waals surface area contributed by atoms with Gasteiger partial charge in [0.15, 0.2) is 9.84 Å². The molecule has 2 amide bonds. The molecule has 0 N–H and O–H groups in total. The minimum atomic E-state index is -3.24. The predicted octanol–water partition coefficient (Wildman–Crippen LogP) is -1.80. The van der Waals surface area contributed by atoms with Crippen LogP contribution in [-0.2, 0) is 29.4 Å². The van der Waals surface area contributed by atoms with E-state index in [9.17, 15) is 26.4 Å². The third-order valence-electron chi connectivity index (χ3n) is 6.00. The van der Waals surface area contributed by atoms with Crippen molar-refractivity contribution >= 4 is 31.7 Å². The SMILES string of the molecule is CS(=O)(=O)N1CCN(C(=O)CCC(=O)N2CCN([C@@H]3CCS(=O)(=O)C3)CC2)CC1. The van der Waals surface area contributed by atoms with Gasteiger partial charge in [-0.3, -0.25) is 14.5 Å². The number of amides is 2. The summed E-state index contributed by atoms with van der Waals surface area (Å²) in [6.45, 7) is 3.70. The van der Waals surface area contributed by atoms with Gasteiger partial charge in [-0.15, -0.1) is 0 Å². The molecule has 3 fully saturated rings. The van der Waals surface area contributed by atoms with Crippen LogP contribution in [0.4, 0.5) is 0 Å². The average molecular weight is 451 g/mol. The molecule has 3 rings (SSSR count). The van der Waals surface area contributed by atoms with Gasteiger partial charge in [0.05, 0.1) is 17.8 Å². The molecule has 12 heteroatoms. The van der Waals surface area contributed by atoms with Crippen molar-refractivity contribution in [2.75, 3.05) is 70.1 Å². The summed E-state index contributed by atoms with van der Waals surface area (Å²) >= 11 is 0. The smallest absolute Gasteiger partial charge is 0.223 e. The highest BCUT2D eigenvalue weighted by Gasteiger charge is 2.34. The minimum absolute atomic E-state index is 0.0597. The van der Waals surface area contributed by atoms with Gasteiger partial charge in [-0.25, -0.2) is 16.8 Å². The quantitative estimate of drug-likeness (QED) is 0.485. The van der Waals surface area contributed by atoms with E-state index in [1.165, 1.54) is 4.31 Å². The Hall–Kier alpha value is -1.24. The van der Waals surface area contributed by atoms with E-state index in [2.05, 4.69) is 4.90 Å². The van der Waals surface area contributed by atoms with Crippen molar-refractivity contribution in [3.8, 4) is 0 Å². The van der Waals surface area contributed by atoms with Crippen molar-refractivity contribution in [2.24, 2.45) is 0 Å². The van der Waals surface area contributed by atoms with Gasteiger partial charge < -0.3 is 9.80 Å². The second-order valence-corrected chi connectivity index (χ2v) is 12.2. The fraction of sp³-hybridized carbons (Fsp3) is 0.882. The molecule has 1 atom stereocenters. The summed E-state index contributed by atoms with van der Waals surface area (Å²) in [5, 5.41) is 0. The third-order valence-corrected chi connectivity index (χ3v) is 9.06. The zero-order chi connectivity index (χ0) is 21.2. The number of carbonyl (C=O) groups excluding carboxylic acids is 2. The molecule has 3 aliphatic rings. The lowest BCUT2D eigenvalue weighted by atomic mass is 10.1. The molecule has 0 aromatic rings. The number of nitrogens with zero attached hydrogens (tertiary/aromatic N) is 4. The maximum absolute atomic E-state index is 12.5. The van der Waals surface area contributed by atoms with Crippen LogP contribution in [0.3, 0.4) is 0 Å². The van der Waals surface area contributed by atoms with Crippen LogP contribution in [0.5, 0.6) is 0 Å². The Balaban J connectivity index is 1.38. The van der Waals surface area contributed by atoms with Crippen molar-refractivity contribution < 1.29 is 26.4 Å². The van der Waals surface area contributed by atoms with Gasteiger partial charge in [0.25, 0.3) is 0 Å². The molecule has 0 saturated carbocycles. The van der Waals surface area contributed by atoms with Crippen molar-refractivity contribution in [1.82, 2.24) is 19.0 Å². The molecule has 0 aromatic carbocycles. The number of rotatable bonds is 5. The van der Waals surface area contributed by atoms with Crippen molar-refractivity contribution in [3.63, 3.8) is 0 Å². The maximum atomic E-state index is 12.5. The van der Waals surface area contributed by atoms with E-state index >= 15 is 0 Å². The fourth-order valence-electron chi connectivity index (χ4n) is 4.20. The minimum Gasteiger partial charge on any atom is -0.340 e. The first-order valence-corrected chi connectivity index (χ1v) is 13.7. The summed E-state index contributed by atoms with van der Waals surface area (Å²) < 4.78 is 47.7. The Morgan fingerprint density at radius 3 is 1.76 bits per heavy atom. The summed E-state index contributed by atoms with van der Waals surface area (Å²) in [5.74, 6) is 0.271. The lowest BCUT2D eigenvalue weighted by molar-refractivity contribution is -0.138. The van der Waals surface area contributed by atoms with E-state index in [0.29, 0.717) is 45.7 Å². The van der Waals surface area contributed by atoms with Gasteiger partial charge in [0, 0.05) is 71.2 Å². The van der Waals surface area contributed by atoms with Gasteiger partial charge in [-0.05, 0) is 6.42 Å². The second kappa shape index (κ2) is 8.86. The van der Waals surface area contributed by atoms with Crippen LogP contribution in [0, 0.1) is 0 Å². The molecule has 0 unspecified atom stereocenters.